The van der Waals surface area contributed by atoms with Gasteiger partial charge in [0.05, 0.1) is 17.0 Å². The Bertz CT molecular complexity index is 1110. The molecule has 0 aromatic heterocycles. The normalized spacial score (nSPS) is 32.0. The van der Waals surface area contributed by atoms with Crippen LogP contribution in [0.5, 0.6) is 11.5 Å². The zero-order valence-corrected chi connectivity index (χ0v) is 13.3. The van der Waals surface area contributed by atoms with E-state index in [2.05, 4.69) is 0 Å². The second-order valence-electron chi connectivity index (χ2n) is 7.19. The zero-order valence-electron chi connectivity index (χ0n) is 13.3. The molecule has 4 aliphatic rings. The van der Waals surface area contributed by atoms with E-state index in [9.17, 15) is 24.9 Å². The molecule has 1 saturated heterocycles. The first-order chi connectivity index (χ1) is 12.4. The molecule has 26 heavy (non-hydrogen) atoms. The van der Waals surface area contributed by atoms with Gasteiger partial charge in [0.1, 0.15) is 29.3 Å². The number of fused-ring (bicyclic) bond motifs is 4. The molecule has 2 aromatic rings. The number of ether oxygens (including phenoxy) is 1. The van der Waals surface area contributed by atoms with Gasteiger partial charge < -0.3 is 20.1 Å². The largest absolute Gasteiger partial charge is 0.507 e. The summed E-state index contributed by atoms with van der Waals surface area (Å²) >= 11 is 0. The minimum absolute atomic E-state index is 0.0712. The van der Waals surface area contributed by atoms with E-state index in [4.69, 9.17) is 4.74 Å². The Morgan fingerprint density at radius 3 is 2.42 bits per heavy atom. The minimum Gasteiger partial charge on any atom is -0.507 e. The number of epoxide rings is 1. The highest BCUT2D eigenvalue weighted by Crippen LogP contribution is 2.62. The van der Waals surface area contributed by atoms with E-state index in [0.717, 1.165) is 0 Å². The van der Waals surface area contributed by atoms with Crippen LogP contribution in [-0.2, 0) is 10.3 Å². The molecule has 0 spiro atoms. The number of carbonyl (C=O) groups excluding carboxylic acids is 2. The molecule has 4 atom stereocenters. The lowest BCUT2D eigenvalue weighted by Gasteiger charge is -2.44. The maximum Gasteiger partial charge on any atom is 0.198 e. The van der Waals surface area contributed by atoms with E-state index >= 15 is 0 Å². The lowest BCUT2D eigenvalue weighted by atomic mass is 9.60. The smallest absolute Gasteiger partial charge is 0.198 e. The second kappa shape index (κ2) is 4.06. The first kappa shape index (κ1) is 14.2. The molecule has 6 heteroatoms. The SMILES string of the molecule is O=C1C=C[C@]2(O)c3c(ccc(O)c31)-c1ccc(O)c3c1[C@H]2C1OC1C3=O. The predicted molar refractivity (Wildman–Crippen MR) is 88.3 cm³/mol. The summed E-state index contributed by atoms with van der Waals surface area (Å²) in [4.78, 5) is 25.0. The monoisotopic (exact) mass is 348 g/mol. The van der Waals surface area contributed by atoms with E-state index < -0.39 is 23.7 Å². The summed E-state index contributed by atoms with van der Waals surface area (Å²) in [7, 11) is 0. The van der Waals surface area contributed by atoms with Crippen LogP contribution in [0.1, 0.15) is 37.8 Å². The lowest BCUT2D eigenvalue weighted by molar-refractivity contribution is 0.0406. The topological polar surface area (TPSA) is 107 Å². The maximum atomic E-state index is 12.6. The molecule has 3 N–H and O–H groups in total. The first-order valence-electron chi connectivity index (χ1n) is 8.32. The third-order valence-electron chi connectivity index (χ3n) is 5.98. The highest BCUT2D eigenvalue weighted by Gasteiger charge is 2.64. The van der Waals surface area contributed by atoms with Gasteiger partial charge in [-0.15, -0.1) is 0 Å². The van der Waals surface area contributed by atoms with Crippen LogP contribution >= 0.6 is 0 Å². The van der Waals surface area contributed by atoms with Crippen LogP contribution in [0.4, 0.5) is 0 Å². The van der Waals surface area contributed by atoms with Crippen molar-refractivity contribution in [3.05, 3.63) is 58.7 Å². The summed E-state index contributed by atoms with van der Waals surface area (Å²) in [6, 6.07) is 6.15. The number of hydrogen-bond acceptors (Lipinski definition) is 6. The van der Waals surface area contributed by atoms with Crippen LogP contribution in [0, 0.1) is 0 Å². The van der Waals surface area contributed by atoms with Crippen LogP contribution in [0.25, 0.3) is 11.1 Å². The van der Waals surface area contributed by atoms with Gasteiger partial charge >= 0.3 is 0 Å². The highest BCUT2D eigenvalue weighted by atomic mass is 16.6. The number of rotatable bonds is 0. The maximum absolute atomic E-state index is 12.6. The molecule has 0 bridgehead atoms. The molecule has 1 fully saturated rings. The Balaban J connectivity index is 1.82. The summed E-state index contributed by atoms with van der Waals surface area (Å²) < 4.78 is 5.55. The van der Waals surface area contributed by atoms with E-state index in [1.54, 1.807) is 12.1 Å². The summed E-state index contributed by atoms with van der Waals surface area (Å²) in [6.07, 6.45) is 1.43. The fourth-order valence-corrected chi connectivity index (χ4v) is 4.90. The summed E-state index contributed by atoms with van der Waals surface area (Å²) in [5.74, 6) is -1.65. The van der Waals surface area contributed by atoms with Crippen molar-refractivity contribution < 1.29 is 29.6 Å². The second-order valence-corrected chi connectivity index (χ2v) is 7.19. The quantitative estimate of drug-likeness (QED) is 0.626. The Kier molecular flexibility index (Phi) is 2.22. The third kappa shape index (κ3) is 1.35. The van der Waals surface area contributed by atoms with Gasteiger partial charge in [-0.2, -0.15) is 0 Å². The Morgan fingerprint density at radius 2 is 1.65 bits per heavy atom. The number of aromatic hydroxyl groups is 2. The standard InChI is InChI=1S/C20H12O6/c21-9-4-2-8-7-1-3-10(22)14-12(7)16(18-19(26-18)17(14)24)20(25)6-5-11(23)13(9)15(8)20/h1-6,16,18-19,21-22,25H/t16-,18?,19?,20-/m0/s1. The van der Waals surface area contributed by atoms with Crippen LogP contribution < -0.4 is 0 Å². The van der Waals surface area contributed by atoms with Gasteiger partial charge in [0.25, 0.3) is 0 Å². The molecular formula is C20H12O6. The van der Waals surface area contributed by atoms with E-state index in [1.807, 2.05) is 0 Å². The number of benzene rings is 2. The Morgan fingerprint density at radius 1 is 0.962 bits per heavy atom. The van der Waals surface area contributed by atoms with Crippen molar-refractivity contribution in [1.29, 1.82) is 0 Å². The van der Waals surface area contributed by atoms with Crippen LogP contribution in [0.2, 0.25) is 0 Å². The van der Waals surface area contributed by atoms with Gasteiger partial charge in [-0.25, -0.2) is 0 Å². The number of carbonyl (C=O) groups is 2. The molecule has 2 aromatic carbocycles. The molecule has 6 rings (SSSR count). The van der Waals surface area contributed by atoms with Crippen LogP contribution in [0.15, 0.2) is 36.4 Å². The van der Waals surface area contributed by atoms with Gasteiger partial charge in [0, 0.05) is 5.56 Å². The minimum atomic E-state index is -1.60. The van der Waals surface area contributed by atoms with Crippen molar-refractivity contribution in [2.45, 2.75) is 23.7 Å². The molecule has 1 heterocycles. The number of Topliss-reactive ketones (excluding diaryl/α,β-unsaturated/α-hetero) is 1. The molecule has 2 unspecified atom stereocenters. The fraction of sp³-hybridized carbons (Fsp3) is 0.200. The number of allylic oxidation sites excluding steroid dienone is 1. The predicted octanol–water partition coefficient (Wildman–Crippen LogP) is 1.77. The number of hydrogen-bond donors (Lipinski definition) is 3. The summed E-state index contributed by atoms with van der Waals surface area (Å²) in [5, 5.41) is 32.2. The van der Waals surface area contributed by atoms with Gasteiger partial charge in [-0.1, -0.05) is 12.1 Å². The van der Waals surface area contributed by atoms with Crippen molar-refractivity contribution in [1.82, 2.24) is 0 Å². The van der Waals surface area contributed by atoms with Gasteiger partial charge in [0.2, 0.25) is 0 Å². The summed E-state index contributed by atoms with van der Waals surface area (Å²) in [5.41, 5.74) is 0.744. The Hall–Kier alpha value is -2.96. The third-order valence-corrected chi connectivity index (χ3v) is 5.98. The highest BCUT2D eigenvalue weighted by molar-refractivity contribution is 6.13. The molecule has 1 aliphatic heterocycles. The van der Waals surface area contributed by atoms with Gasteiger partial charge in [-0.05, 0) is 41.0 Å². The average Bonchev–Trinajstić information content (AvgIpc) is 3.40. The van der Waals surface area contributed by atoms with Gasteiger partial charge in [-0.3, -0.25) is 9.59 Å². The molecule has 3 aliphatic carbocycles. The van der Waals surface area contributed by atoms with Crippen molar-refractivity contribution in [2.75, 3.05) is 0 Å². The average molecular weight is 348 g/mol. The number of phenolic OH excluding ortho intramolecular Hbond substituents is 2. The molecule has 6 nitrogen and oxygen atoms in total. The van der Waals surface area contributed by atoms with Crippen molar-refractivity contribution >= 4 is 11.6 Å². The van der Waals surface area contributed by atoms with E-state index in [0.29, 0.717) is 22.3 Å². The molecule has 0 amide bonds. The van der Waals surface area contributed by atoms with Crippen molar-refractivity contribution in [3.8, 4) is 22.6 Å². The van der Waals surface area contributed by atoms with E-state index in [1.165, 1.54) is 24.3 Å². The molecule has 0 radical (unpaired) electrons. The first-order valence-corrected chi connectivity index (χ1v) is 8.32. The van der Waals surface area contributed by atoms with Crippen LogP contribution in [-0.4, -0.2) is 39.1 Å². The van der Waals surface area contributed by atoms with Crippen molar-refractivity contribution in [2.24, 2.45) is 0 Å². The van der Waals surface area contributed by atoms with Crippen molar-refractivity contribution in [3.63, 3.8) is 0 Å². The lowest BCUT2D eigenvalue weighted by Crippen LogP contribution is -2.44. The van der Waals surface area contributed by atoms with Crippen LogP contribution in [0.3, 0.4) is 0 Å². The summed E-state index contributed by atoms with van der Waals surface area (Å²) in [6.45, 7) is 0. The zero-order chi connectivity index (χ0) is 18.0. The Labute approximate surface area is 147 Å². The molecular weight excluding hydrogens is 336 g/mol. The number of ketones is 2. The van der Waals surface area contributed by atoms with Gasteiger partial charge in [0.15, 0.2) is 11.6 Å². The number of phenols is 2. The van der Waals surface area contributed by atoms with E-state index in [-0.39, 0.29) is 34.2 Å². The fourth-order valence-electron chi connectivity index (χ4n) is 4.90. The molecule has 128 valence electrons. The molecule has 0 saturated carbocycles. The number of aliphatic hydroxyl groups is 1.